The van der Waals surface area contributed by atoms with E-state index < -0.39 is 0 Å². The fourth-order valence-electron chi connectivity index (χ4n) is 2.38. The van der Waals surface area contributed by atoms with Gasteiger partial charge in [0, 0.05) is 18.7 Å². The van der Waals surface area contributed by atoms with Crippen molar-refractivity contribution in [1.82, 2.24) is 9.96 Å². The minimum atomic E-state index is -0.182. The average molecular weight is 246 g/mol. The fourth-order valence-corrected chi connectivity index (χ4v) is 2.38. The number of benzene rings is 1. The van der Waals surface area contributed by atoms with E-state index >= 15 is 0 Å². The Kier molecular flexibility index (Phi) is 2.96. The summed E-state index contributed by atoms with van der Waals surface area (Å²) in [6, 6.07) is 9.86. The van der Waals surface area contributed by atoms with E-state index in [1.54, 1.807) is 0 Å². The first-order valence-corrected chi connectivity index (χ1v) is 6.55. The highest BCUT2D eigenvalue weighted by atomic mass is 16.8. The molecule has 4 heteroatoms. The highest BCUT2D eigenvalue weighted by Crippen LogP contribution is 2.38. The maximum Gasteiger partial charge on any atom is 0.346 e. The molecule has 0 bridgehead atoms. The van der Waals surface area contributed by atoms with Crippen molar-refractivity contribution in [2.24, 2.45) is 5.92 Å². The number of urea groups is 1. The maximum absolute atomic E-state index is 12.2. The summed E-state index contributed by atoms with van der Waals surface area (Å²) >= 11 is 0. The van der Waals surface area contributed by atoms with Crippen LogP contribution in [0.1, 0.15) is 31.6 Å². The molecule has 2 saturated heterocycles. The third-order valence-electron chi connectivity index (χ3n) is 3.71. The molecule has 2 fully saturated rings. The molecule has 0 saturated carbocycles. The smallest absolute Gasteiger partial charge is 0.323 e. The molecule has 2 amide bonds. The van der Waals surface area contributed by atoms with Gasteiger partial charge in [0.2, 0.25) is 6.23 Å². The molecule has 0 N–H and O–H groups in total. The SMILES string of the molecule is CC1CCN(C(=O)N2OC2c2ccccc2)CC1. The Hall–Kier alpha value is -1.55. The number of hydroxylamine groups is 2. The van der Waals surface area contributed by atoms with Crippen molar-refractivity contribution >= 4 is 6.03 Å². The molecule has 1 unspecified atom stereocenters. The number of hydrogen-bond acceptors (Lipinski definition) is 2. The van der Waals surface area contributed by atoms with Crippen molar-refractivity contribution in [3.05, 3.63) is 35.9 Å². The summed E-state index contributed by atoms with van der Waals surface area (Å²) in [5.74, 6) is 0.731. The molecule has 0 aromatic heterocycles. The molecular formula is C14H18N2O2. The van der Waals surface area contributed by atoms with E-state index in [2.05, 4.69) is 6.92 Å². The molecule has 3 rings (SSSR count). The summed E-state index contributed by atoms with van der Waals surface area (Å²) < 4.78 is 0. The predicted molar refractivity (Wildman–Crippen MR) is 67.5 cm³/mol. The van der Waals surface area contributed by atoms with Gasteiger partial charge in [-0.3, -0.25) is 0 Å². The zero-order valence-corrected chi connectivity index (χ0v) is 10.6. The van der Waals surface area contributed by atoms with Crippen molar-refractivity contribution in [3.63, 3.8) is 0 Å². The van der Waals surface area contributed by atoms with Gasteiger partial charge in [-0.15, -0.1) is 0 Å². The van der Waals surface area contributed by atoms with E-state index in [1.165, 1.54) is 5.06 Å². The lowest BCUT2D eigenvalue weighted by atomic mass is 10.00. The fraction of sp³-hybridized carbons (Fsp3) is 0.500. The molecule has 1 aromatic carbocycles. The number of carbonyl (C=O) groups excluding carboxylic acids is 1. The van der Waals surface area contributed by atoms with Crippen LogP contribution in [-0.4, -0.2) is 29.1 Å². The monoisotopic (exact) mass is 246 g/mol. The molecule has 2 aliphatic rings. The van der Waals surface area contributed by atoms with Crippen LogP contribution in [0, 0.1) is 5.92 Å². The number of carbonyl (C=O) groups is 1. The predicted octanol–water partition coefficient (Wildman–Crippen LogP) is 2.78. The molecule has 96 valence electrons. The van der Waals surface area contributed by atoms with E-state index in [4.69, 9.17) is 4.84 Å². The Morgan fingerprint density at radius 2 is 1.89 bits per heavy atom. The first-order valence-electron chi connectivity index (χ1n) is 6.55. The molecule has 2 heterocycles. The van der Waals surface area contributed by atoms with Crippen LogP contribution in [0.4, 0.5) is 4.79 Å². The Bertz CT molecular complexity index is 427. The van der Waals surface area contributed by atoms with Crippen LogP contribution >= 0.6 is 0 Å². The van der Waals surface area contributed by atoms with Crippen LogP contribution in [0.3, 0.4) is 0 Å². The summed E-state index contributed by atoms with van der Waals surface area (Å²) in [6.07, 6.45) is 2.00. The Balaban J connectivity index is 1.59. The molecule has 1 aromatic rings. The van der Waals surface area contributed by atoms with Gasteiger partial charge in [0.25, 0.3) is 0 Å². The summed E-state index contributed by atoms with van der Waals surface area (Å²) in [4.78, 5) is 19.5. The lowest BCUT2D eigenvalue weighted by molar-refractivity contribution is 0.123. The van der Waals surface area contributed by atoms with Gasteiger partial charge in [0.1, 0.15) is 0 Å². The number of amides is 2. The second kappa shape index (κ2) is 4.61. The van der Waals surface area contributed by atoms with E-state index in [1.807, 2.05) is 35.2 Å². The van der Waals surface area contributed by atoms with Gasteiger partial charge in [0.05, 0.1) is 0 Å². The highest BCUT2D eigenvalue weighted by molar-refractivity contribution is 5.75. The first-order chi connectivity index (χ1) is 8.75. The van der Waals surface area contributed by atoms with Crippen LogP contribution in [-0.2, 0) is 4.84 Å². The molecule has 0 aliphatic carbocycles. The van der Waals surface area contributed by atoms with Crippen molar-refractivity contribution in [2.45, 2.75) is 26.0 Å². The van der Waals surface area contributed by atoms with Crippen molar-refractivity contribution in [3.8, 4) is 0 Å². The van der Waals surface area contributed by atoms with E-state index in [0.29, 0.717) is 0 Å². The van der Waals surface area contributed by atoms with Gasteiger partial charge in [-0.25, -0.2) is 9.63 Å². The lowest BCUT2D eigenvalue weighted by Crippen LogP contribution is -2.40. The van der Waals surface area contributed by atoms with Gasteiger partial charge in [-0.05, 0) is 18.8 Å². The third-order valence-corrected chi connectivity index (χ3v) is 3.71. The van der Waals surface area contributed by atoms with Crippen LogP contribution < -0.4 is 0 Å². The molecule has 1 atom stereocenters. The number of hydrogen-bond donors (Lipinski definition) is 0. The number of rotatable bonds is 1. The zero-order valence-electron chi connectivity index (χ0n) is 10.6. The van der Waals surface area contributed by atoms with Gasteiger partial charge in [0.15, 0.2) is 0 Å². The Morgan fingerprint density at radius 1 is 1.22 bits per heavy atom. The van der Waals surface area contributed by atoms with Crippen molar-refractivity contribution in [1.29, 1.82) is 0 Å². The number of nitrogens with zero attached hydrogens (tertiary/aromatic N) is 2. The Morgan fingerprint density at radius 3 is 2.56 bits per heavy atom. The molecule has 2 aliphatic heterocycles. The molecular weight excluding hydrogens is 228 g/mol. The van der Waals surface area contributed by atoms with E-state index in [9.17, 15) is 4.79 Å². The summed E-state index contributed by atoms with van der Waals surface area (Å²) in [5.41, 5.74) is 1.04. The maximum atomic E-state index is 12.2. The minimum absolute atomic E-state index is 0.00996. The average Bonchev–Trinajstić information content (AvgIpc) is 3.20. The van der Waals surface area contributed by atoms with Crippen molar-refractivity contribution < 1.29 is 9.63 Å². The van der Waals surface area contributed by atoms with Crippen LogP contribution in [0.15, 0.2) is 30.3 Å². The van der Waals surface area contributed by atoms with Crippen LogP contribution in [0.2, 0.25) is 0 Å². The summed E-state index contributed by atoms with van der Waals surface area (Å²) in [7, 11) is 0. The van der Waals surface area contributed by atoms with Crippen LogP contribution in [0.25, 0.3) is 0 Å². The lowest BCUT2D eigenvalue weighted by Gasteiger charge is -2.29. The standard InChI is InChI=1S/C14H18N2O2/c1-11-7-9-15(10-8-11)14(17)16-13(18-16)12-5-3-2-4-6-12/h2-6,11,13H,7-10H2,1H3. The minimum Gasteiger partial charge on any atom is -0.323 e. The van der Waals surface area contributed by atoms with Gasteiger partial charge < -0.3 is 4.90 Å². The van der Waals surface area contributed by atoms with Gasteiger partial charge in [-0.2, -0.15) is 5.06 Å². The molecule has 18 heavy (non-hydrogen) atoms. The number of likely N-dealkylation sites (tertiary alicyclic amines) is 1. The van der Waals surface area contributed by atoms with Gasteiger partial charge in [-0.1, -0.05) is 37.3 Å². The number of piperidine rings is 1. The van der Waals surface area contributed by atoms with E-state index in [-0.39, 0.29) is 12.3 Å². The molecule has 0 radical (unpaired) electrons. The van der Waals surface area contributed by atoms with Crippen LogP contribution in [0.5, 0.6) is 0 Å². The Labute approximate surface area is 107 Å². The second-order valence-electron chi connectivity index (χ2n) is 5.15. The highest BCUT2D eigenvalue weighted by Gasteiger charge is 2.45. The zero-order chi connectivity index (χ0) is 12.5. The van der Waals surface area contributed by atoms with Gasteiger partial charge >= 0.3 is 6.03 Å². The topological polar surface area (TPSA) is 35.9 Å². The largest absolute Gasteiger partial charge is 0.346 e. The second-order valence-corrected chi connectivity index (χ2v) is 5.15. The summed E-state index contributed by atoms with van der Waals surface area (Å²) in [5, 5.41) is 1.48. The van der Waals surface area contributed by atoms with E-state index in [0.717, 1.165) is 37.4 Å². The summed E-state index contributed by atoms with van der Waals surface area (Å²) in [6.45, 7) is 3.94. The quantitative estimate of drug-likeness (QED) is 0.714. The third kappa shape index (κ3) is 2.20. The molecule has 0 spiro atoms. The van der Waals surface area contributed by atoms with Crippen molar-refractivity contribution in [2.75, 3.05) is 13.1 Å². The molecule has 4 nitrogen and oxygen atoms in total. The first kappa shape index (κ1) is 11.5. The normalized spacial score (nSPS) is 24.2.